The Balaban J connectivity index is 1.60. The zero-order chi connectivity index (χ0) is 16.4. The van der Waals surface area contributed by atoms with E-state index in [1.807, 2.05) is 41.0 Å². The molecule has 1 fully saturated rings. The van der Waals surface area contributed by atoms with Crippen LogP contribution in [0.2, 0.25) is 0 Å². The largest absolute Gasteiger partial charge is 0.349 e. The van der Waals surface area contributed by atoms with Crippen LogP contribution >= 0.6 is 0 Å². The number of fused-ring (bicyclic) bond motifs is 1. The summed E-state index contributed by atoms with van der Waals surface area (Å²) < 4.78 is 1.91. The molecule has 3 aromatic rings. The van der Waals surface area contributed by atoms with Gasteiger partial charge in [-0.1, -0.05) is 25.3 Å². The fraction of sp³-hybridized carbons (Fsp3) is 0.316. The summed E-state index contributed by atoms with van der Waals surface area (Å²) in [6.45, 7) is 0. The minimum absolute atomic E-state index is 0.00105. The fourth-order valence-corrected chi connectivity index (χ4v) is 3.35. The summed E-state index contributed by atoms with van der Waals surface area (Å²) in [5.41, 5.74) is 3.21. The maximum atomic E-state index is 12.5. The van der Waals surface area contributed by atoms with E-state index < -0.39 is 0 Å². The van der Waals surface area contributed by atoms with Crippen molar-refractivity contribution in [3.8, 4) is 5.69 Å². The predicted molar refractivity (Wildman–Crippen MR) is 93.2 cm³/mol. The van der Waals surface area contributed by atoms with Gasteiger partial charge in [-0.3, -0.25) is 9.36 Å². The number of benzene rings is 1. The van der Waals surface area contributed by atoms with E-state index in [9.17, 15) is 4.79 Å². The highest BCUT2D eigenvalue weighted by atomic mass is 16.1. The molecule has 4 rings (SSSR count). The summed E-state index contributed by atoms with van der Waals surface area (Å²) in [7, 11) is 0. The minimum Gasteiger partial charge on any atom is -0.349 e. The molecule has 1 amide bonds. The molecule has 1 aromatic carbocycles. The van der Waals surface area contributed by atoms with Crippen LogP contribution in [0.5, 0.6) is 0 Å². The summed E-state index contributed by atoms with van der Waals surface area (Å²) in [6.07, 6.45) is 9.36. The molecule has 24 heavy (non-hydrogen) atoms. The third-order valence-corrected chi connectivity index (χ3v) is 4.63. The molecule has 0 saturated heterocycles. The summed E-state index contributed by atoms with van der Waals surface area (Å²) in [5.74, 6) is 0.00105. The van der Waals surface area contributed by atoms with Gasteiger partial charge < -0.3 is 5.32 Å². The van der Waals surface area contributed by atoms with E-state index in [4.69, 9.17) is 0 Å². The second-order valence-electron chi connectivity index (χ2n) is 6.32. The lowest BCUT2D eigenvalue weighted by Crippen LogP contribution is -2.36. The van der Waals surface area contributed by atoms with Crippen molar-refractivity contribution in [1.82, 2.24) is 19.9 Å². The number of amides is 1. The second kappa shape index (κ2) is 6.43. The van der Waals surface area contributed by atoms with Crippen LogP contribution in [0.25, 0.3) is 16.9 Å². The molecule has 0 bridgehead atoms. The Morgan fingerprint density at radius 2 is 1.96 bits per heavy atom. The maximum absolute atomic E-state index is 12.5. The second-order valence-corrected chi connectivity index (χ2v) is 6.32. The van der Waals surface area contributed by atoms with E-state index >= 15 is 0 Å². The van der Waals surface area contributed by atoms with Gasteiger partial charge in [0, 0.05) is 23.5 Å². The molecule has 0 radical (unpaired) electrons. The van der Waals surface area contributed by atoms with Crippen molar-refractivity contribution in [2.24, 2.45) is 0 Å². The Kier molecular flexibility index (Phi) is 3.99. The Morgan fingerprint density at radius 3 is 2.83 bits per heavy atom. The minimum atomic E-state index is 0.00105. The van der Waals surface area contributed by atoms with Gasteiger partial charge in [-0.15, -0.1) is 0 Å². The quantitative estimate of drug-likeness (QED) is 0.803. The topological polar surface area (TPSA) is 59.8 Å². The van der Waals surface area contributed by atoms with Crippen molar-refractivity contribution in [3.63, 3.8) is 0 Å². The van der Waals surface area contributed by atoms with Gasteiger partial charge in [0.2, 0.25) is 0 Å². The lowest BCUT2D eigenvalue weighted by Gasteiger charge is -2.22. The number of hydrogen-bond acceptors (Lipinski definition) is 3. The lowest BCUT2D eigenvalue weighted by atomic mass is 9.95. The molecule has 5 heteroatoms. The van der Waals surface area contributed by atoms with Gasteiger partial charge in [0.1, 0.15) is 11.8 Å². The zero-order valence-corrected chi connectivity index (χ0v) is 13.5. The average Bonchev–Trinajstić information content (AvgIpc) is 3.07. The van der Waals surface area contributed by atoms with Crippen LogP contribution in [0.4, 0.5) is 0 Å². The Morgan fingerprint density at radius 1 is 1.08 bits per heavy atom. The Hall–Kier alpha value is -2.69. The molecule has 0 spiro atoms. The summed E-state index contributed by atoms with van der Waals surface area (Å²) in [5, 5.41) is 3.17. The third kappa shape index (κ3) is 2.89. The molecule has 0 atom stereocenters. The van der Waals surface area contributed by atoms with Crippen molar-refractivity contribution in [2.75, 3.05) is 0 Å². The molecular formula is C19H20N4O. The number of aromatic nitrogens is 3. The Labute approximate surface area is 140 Å². The monoisotopic (exact) mass is 320 g/mol. The Bertz CT molecular complexity index is 864. The number of pyridine rings is 1. The van der Waals surface area contributed by atoms with Crippen LogP contribution in [0.3, 0.4) is 0 Å². The third-order valence-electron chi connectivity index (χ3n) is 4.63. The van der Waals surface area contributed by atoms with Crippen LogP contribution < -0.4 is 5.32 Å². The molecular weight excluding hydrogens is 300 g/mol. The highest BCUT2D eigenvalue weighted by Gasteiger charge is 2.17. The number of carbonyl (C=O) groups excluding carboxylic acids is 1. The van der Waals surface area contributed by atoms with E-state index in [0.29, 0.717) is 11.6 Å². The van der Waals surface area contributed by atoms with Crippen molar-refractivity contribution in [3.05, 3.63) is 54.5 Å². The molecule has 1 N–H and O–H groups in total. The number of imidazole rings is 1. The lowest BCUT2D eigenvalue weighted by molar-refractivity contribution is 0.0927. The van der Waals surface area contributed by atoms with Gasteiger partial charge in [0.15, 0.2) is 5.65 Å². The smallest absolute Gasteiger partial charge is 0.251 e. The first kappa shape index (κ1) is 14.9. The molecule has 2 heterocycles. The van der Waals surface area contributed by atoms with Crippen molar-refractivity contribution in [1.29, 1.82) is 0 Å². The van der Waals surface area contributed by atoms with Crippen molar-refractivity contribution < 1.29 is 4.79 Å². The fourth-order valence-electron chi connectivity index (χ4n) is 3.35. The van der Waals surface area contributed by atoms with Crippen LogP contribution in [0.15, 0.2) is 48.9 Å². The van der Waals surface area contributed by atoms with Crippen molar-refractivity contribution in [2.45, 2.75) is 38.1 Å². The van der Waals surface area contributed by atoms with E-state index in [1.54, 1.807) is 12.5 Å². The van der Waals surface area contributed by atoms with Crippen LogP contribution in [-0.2, 0) is 0 Å². The summed E-state index contributed by atoms with van der Waals surface area (Å²) in [4.78, 5) is 21.3. The first-order valence-electron chi connectivity index (χ1n) is 8.51. The van der Waals surface area contributed by atoms with Gasteiger partial charge in [-0.05, 0) is 43.2 Å². The van der Waals surface area contributed by atoms with Crippen LogP contribution in [0.1, 0.15) is 42.5 Å². The van der Waals surface area contributed by atoms with Crippen LogP contribution in [0, 0.1) is 0 Å². The predicted octanol–water partition coefficient (Wildman–Crippen LogP) is 3.48. The first-order valence-corrected chi connectivity index (χ1v) is 8.51. The molecule has 0 aliphatic heterocycles. The molecule has 1 aliphatic carbocycles. The van der Waals surface area contributed by atoms with Gasteiger partial charge >= 0.3 is 0 Å². The number of nitrogens with zero attached hydrogens (tertiary/aromatic N) is 3. The maximum Gasteiger partial charge on any atom is 0.251 e. The van der Waals surface area contributed by atoms with Crippen molar-refractivity contribution >= 4 is 17.1 Å². The summed E-state index contributed by atoms with van der Waals surface area (Å²) >= 11 is 0. The van der Waals surface area contributed by atoms with E-state index in [0.717, 1.165) is 29.7 Å². The van der Waals surface area contributed by atoms with Gasteiger partial charge in [-0.2, -0.15) is 0 Å². The van der Waals surface area contributed by atoms with Crippen LogP contribution in [-0.4, -0.2) is 26.5 Å². The normalized spacial score (nSPS) is 15.5. The van der Waals surface area contributed by atoms with E-state index in [2.05, 4.69) is 15.3 Å². The van der Waals surface area contributed by atoms with E-state index in [1.165, 1.54) is 19.3 Å². The van der Waals surface area contributed by atoms with Gasteiger partial charge in [0.05, 0.1) is 0 Å². The molecule has 1 saturated carbocycles. The average molecular weight is 320 g/mol. The van der Waals surface area contributed by atoms with Gasteiger partial charge in [0.25, 0.3) is 5.91 Å². The first-order chi connectivity index (χ1) is 11.8. The molecule has 122 valence electrons. The number of rotatable bonds is 3. The molecule has 2 aromatic heterocycles. The zero-order valence-electron chi connectivity index (χ0n) is 13.5. The molecule has 1 aliphatic rings. The standard InChI is InChI=1S/C19H20N4O/c24-19(22-15-7-2-1-3-8-15)14-6-4-9-16(12-14)23-13-21-17-10-5-11-20-18(17)23/h4-6,9-13,15H,1-3,7-8H2,(H,22,24). The number of nitrogens with one attached hydrogen (secondary N) is 1. The summed E-state index contributed by atoms with van der Waals surface area (Å²) in [6, 6.07) is 11.7. The SMILES string of the molecule is O=C(NC1CCCCC1)c1cccc(-n2cnc3cccnc32)c1. The van der Waals surface area contributed by atoms with Gasteiger partial charge in [-0.25, -0.2) is 9.97 Å². The number of hydrogen-bond donors (Lipinski definition) is 1. The number of carbonyl (C=O) groups is 1. The highest BCUT2D eigenvalue weighted by molar-refractivity contribution is 5.95. The highest BCUT2D eigenvalue weighted by Crippen LogP contribution is 2.19. The van der Waals surface area contributed by atoms with E-state index in [-0.39, 0.29) is 5.91 Å². The molecule has 5 nitrogen and oxygen atoms in total. The molecule has 0 unspecified atom stereocenters.